The van der Waals surface area contributed by atoms with Crippen LogP contribution in [0.25, 0.3) is 28.2 Å². The van der Waals surface area contributed by atoms with Crippen molar-refractivity contribution >= 4 is 23.0 Å². The van der Waals surface area contributed by atoms with Crippen LogP contribution in [0, 0.1) is 0 Å². The van der Waals surface area contributed by atoms with E-state index < -0.39 is 0 Å². The molecule has 0 bridgehead atoms. The SMILES string of the molecule is CC(=O)c1c(-c2ccc(Cl)cc2)c2c3n(c(-c4ccccc4)nn13)CCCC2. The largest absolute Gasteiger partial charge is 0.309 e. The normalized spacial score (nSPS) is 13.6. The van der Waals surface area contributed by atoms with E-state index in [1.165, 1.54) is 5.56 Å². The fraction of sp³-hybridized carbons (Fsp3) is 0.217. The third kappa shape index (κ3) is 2.60. The molecule has 0 radical (unpaired) electrons. The molecule has 140 valence electrons. The minimum atomic E-state index is 0.0241. The highest BCUT2D eigenvalue weighted by atomic mass is 35.5. The number of aromatic nitrogens is 3. The molecule has 0 aliphatic carbocycles. The van der Waals surface area contributed by atoms with E-state index in [2.05, 4.69) is 16.7 Å². The van der Waals surface area contributed by atoms with Crippen LogP contribution in [-0.2, 0) is 13.0 Å². The van der Waals surface area contributed by atoms with E-state index in [4.69, 9.17) is 16.7 Å². The number of carbonyl (C=O) groups is 1. The number of carbonyl (C=O) groups excluding carboxylic acids is 1. The number of Topliss-reactive ketones (excluding diaryl/α,β-unsaturated/α-hetero) is 1. The molecule has 3 heterocycles. The lowest BCUT2D eigenvalue weighted by atomic mass is 9.97. The Kier molecular flexibility index (Phi) is 4.09. The van der Waals surface area contributed by atoms with Gasteiger partial charge in [-0.1, -0.05) is 54.1 Å². The summed E-state index contributed by atoms with van der Waals surface area (Å²) in [7, 11) is 0. The lowest BCUT2D eigenvalue weighted by molar-refractivity contribution is 0.101. The smallest absolute Gasteiger partial charge is 0.178 e. The fourth-order valence-electron chi connectivity index (χ4n) is 4.29. The molecule has 5 heteroatoms. The Balaban J connectivity index is 1.86. The standard InChI is InChI=1S/C23H20ClN3O/c1-15(28)21-20(16-10-12-18(24)13-11-16)19-9-5-6-14-26-22(25-27(21)23(19)26)17-7-3-2-4-8-17/h2-4,7-8,10-13H,5-6,9,14H2,1H3. The Morgan fingerprint density at radius 2 is 1.75 bits per heavy atom. The topological polar surface area (TPSA) is 39.3 Å². The number of nitrogens with zero attached hydrogens (tertiary/aromatic N) is 3. The molecule has 0 fully saturated rings. The highest BCUT2D eigenvalue weighted by Gasteiger charge is 2.29. The molecule has 5 rings (SSSR count). The van der Waals surface area contributed by atoms with Crippen LogP contribution in [0.5, 0.6) is 0 Å². The Morgan fingerprint density at radius 1 is 1.00 bits per heavy atom. The van der Waals surface area contributed by atoms with Crippen LogP contribution in [0.2, 0.25) is 5.02 Å². The van der Waals surface area contributed by atoms with Gasteiger partial charge in [-0.3, -0.25) is 4.79 Å². The van der Waals surface area contributed by atoms with Crippen molar-refractivity contribution < 1.29 is 4.79 Å². The van der Waals surface area contributed by atoms with E-state index in [1.54, 1.807) is 6.92 Å². The molecule has 2 aromatic carbocycles. The minimum absolute atomic E-state index is 0.0241. The summed E-state index contributed by atoms with van der Waals surface area (Å²) in [6.45, 7) is 2.53. The molecule has 0 unspecified atom stereocenters. The molecule has 0 saturated carbocycles. The summed E-state index contributed by atoms with van der Waals surface area (Å²) in [5.74, 6) is 0.944. The van der Waals surface area contributed by atoms with Crippen LogP contribution in [-0.4, -0.2) is 20.0 Å². The van der Waals surface area contributed by atoms with Crippen molar-refractivity contribution in [2.45, 2.75) is 32.7 Å². The van der Waals surface area contributed by atoms with Crippen molar-refractivity contribution in [2.24, 2.45) is 0 Å². The molecule has 4 nitrogen and oxygen atoms in total. The lowest BCUT2D eigenvalue weighted by Gasteiger charge is -2.07. The van der Waals surface area contributed by atoms with Gasteiger partial charge in [-0.25, -0.2) is 4.52 Å². The van der Waals surface area contributed by atoms with E-state index in [-0.39, 0.29) is 5.78 Å². The van der Waals surface area contributed by atoms with Crippen molar-refractivity contribution in [3.63, 3.8) is 0 Å². The van der Waals surface area contributed by atoms with Gasteiger partial charge in [-0.15, -0.1) is 5.10 Å². The molecule has 0 atom stereocenters. The summed E-state index contributed by atoms with van der Waals surface area (Å²) >= 11 is 6.10. The molecule has 0 spiro atoms. The number of rotatable bonds is 3. The summed E-state index contributed by atoms with van der Waals surface area (Å²) in [6.07, 6.45) is 3.12. The van der Waals surface area contributed by atoms with Gasteiger partial charge in [0.15, 0.2) is 11.6 Å². The van der Waals surface area contributed by atoms with Gasteiger partial charge in [0.1, 0.15) is 11.3 Å². The van der Waals surface area contributed by atoms with Crippen molar-refractivity contribution in [1.82, 2.24) is 14.2 Å². The molecule has 1 aliphatic heterocycles. The predicted molar refractivity (Wildman–Crippen MR) is 112 cm³/mol. The van der Waals surface area contributed by atoms with Gasteiger partial charge < -0.3 is 4.57 Å². The van der Waals surface area contributed by atoms with Crippen LogP contribution < -0.4 is 0 Å². The highest BCUT2D eigenvalue weighted by molar-refractivity contribution is 6.30. The predicted octanol–water partition coefficient (Wildman–Crippen LogP) is 5.66. The van der Waals surface area contributed by atoms with Gasteiger partial charge in [0.2, 0.25) is 0 Å². The third-order valence-electron chi connectivity index (χ3n) is 5.48. The molecule has 28 heavy (non-hydrogen) atoms. The number of benzene rings is 2. The van der Waals surface area contributed by atoms with E-state index in [0.29, 0.717) is 10.7 Å². The van der Waals surface area contributed by atoms with Gasteiger partial charge in [-0.2, -0.15) is 0 Å². The van der Waals surface area contributed by atoms with E-state index in [9.17, 15) is 4.79 Å². The highest BCUT2D eigenvalue weighted by Crippen LogP contribution is 2.38. The average molecular weight is 390 g/mol. The van der Waals surface area contributed by atoms with Gasteiger partial charge >= 0.3 is 0 Å². The molecular weight excluding hydrogens is 370 g/mol. The number of aryl methyl sites for hydroxylation is 2. The van der Waals surface area contributed by atoms with Gasteiger partial charge in [0, 0.05) is 35.2 Å². The van der Waals surface area contributed by atoms with Crippen molar-refractivity contribution in [1.29, 1.82) is 0 Å². The first-order chi connectivity index (χ1) is 13.6. The summed E-state index contributed by atoms with van der Waals surface area (Å²) in [4.78, 5) is 12.7. The second kappa shape index (κ2) is 6.64. The van der Waals surface area contributed by atoms with Crippen LogP contribution in [0.3, 0.4) is 0 Å². The first-order valence-electron chi connectivity index (χ1n) is 9.61. The lowest BCUT2D eigenvalue weighted by Crippen LogP contribution is -2.02. The van der Waals surface area contributed by atoms with Crippen LogP contribution in [0.15, 0.2) is 54.6 Å². The first-order valence-corrected chi connectivity index (χ1v) is 9.99. The number of hydrogen-bond donors (Lipinski definition) is 0. The van der Waals surface area contributed by atoms with Gasteiger partial charge in [0.05, 0.1) is 0 Å². The zero-order valence-corrected chi connectivity index (χ0v) is 16.4. The Hall–Kier alpha value is -2.85. The maximum Gasteiger partial charge on any atom is 0.178 e. The molecule has 0 N–H and O–H groups in total. The van der Waals surface area contributed by atoms with Gasteiger partial charge in [0.25, 0.3) is 0 Å². The third-order valence-corrected chi connectivity index (χ3v) is 5.74. The maximum atomic E-state index is 12.7. The molecule has 4 aromatic rings. The zero-order chi connectivity index (χ0) is 19.3. The van der Waals surface area contributed by atoms with E-state index >= 15 is 0 Å². The number of hydrogen-bond acceptors (Lipinski definition) is 2. The Labute approximate surface area is 168 Å². The Morgan fingerprint density at radius 3 is 2.46 bits per heavy atom. The average Bonchev–Trinajstić information content (AvgIpc) is 3.12. The van der Waals surface area contributed by atoms with Crippen molar-refractivity contribution in [3.8, 4) is 22.5 Å². The molecule has 1 aliphatic rings. The summed E-state index contributed by atoms with van der Waals surface area (Å²) < 4.78 is 4.15. The monoisotopic (exact) mass is 389 g/mol. The fourth-order valence-corrected chi connectivity index (χ4v) is 4.42. The van der Waals surface area contributed by atoms with E-state index in [0.717, 1.165) is 54.0 Å². The minimum Gasteiger partial charge on any atom is -0.309 e. The molecule has 2 aromatic heterocycles. The number of ketones is 1. The second-order valence-electron chi connectivity index (χ2n) is 7.30. The van der Waals surface area contributed by atoms with Crippen LogP contribution >= 0.6 is 11.6 Å². The van der Waals surface area contributed by atoms with E-state index in [1.807, 2.05) is 47.0 Å². The summed E-state index contributed by atoms with van der Waals surface area (Å²) in [5.41, 5.74) is 6.00. The molecule has 0 amide bonds. The Bertz CT molecular complexity index is 1190. The zero-order valence-electron chi connectivity index (χ0n) is 15.7. The molecule has 0 saturated heterocycles. The molecular formula is C23H20ClN3O. The quantitative estimate of drug-likeness (QED) is 0.424. The van der Waals surface area contributed by atoms with Crippen LogP contribution in [0.1, 0.15) is 35.8 Å². The van der Waals surface area contributed by atoms with Gasteiger partial charge in [-0.05, 0) is 37.0 Å². The summed E-state index contributed by atoms with van der Waals surface area (Å²) in [5, 5.41) is 5.61. The van der Waals surface area contributed by atoms with Crippen LogP contribution in [0.4, 0.5) is 0 Å². The maximum absolute atomic E-state index is 12.7. The summed E-state index contributed by atoms with van der Waals surface area (Å²) in [6, 6.07) is 17.9. The number of halogens is 1. The first kappa shape index (κ1) is 17.3. The van der Waals surface area contributed by atoms with Crippen molar-refractivity contribution in [2.75, 3.05) is 0 Å². The van der Waals surface area contributed by atoms with Crippen molar-refractivity contribution in [3.05, 3.63) is 70.9 Å². The second-order valence-corrected chi connectivity index (χ2v) is 7.74.